The average Bonchev–Trinajstić information content (AvgIpc) is 2.87. The molecule has 0 saturated carbocycles. The van der Waals surface area contributed by atoms with Crippen LogP contribution < -0.4 is 0 Å². The molecule has 5 atom stereocenters. The summed E-state index contributed by atoms with van der Waals surface area (Å²) in [4.78, 5) is 2.73. The van der Waals surface area contributed by atoms with Gasteiger partial charge < -0.3 is 4.74 Å². The Morgan fingerprint density at radius 2 is 1.86 bits per heavy atom. The minimum atomic E-state index is 0.172. The topological polar surface area (TPSA) is 12.5 Å². The van der Waals surface area contributed by atoms with E-state index in [1.54, 1.807) is 11.6 Å². The molecule has 2 heteroatoms. The number of rotatable bonds is 10. The van der Waals surface area contributed by atoms with Gasteiger partial charge in [0.05, 0.1) is 0 Å². The first-order valence-corrected chi connectivity index (χ1v) is 13.6. The lowest BCUT2D eigenvalue weighted by molar-refractivity contribution is 0.170. The van der Waals surface area contributed by atoms with Crippen LogP contribution >= 0.6 is 0 Å². The Morgan fingerprint density at radius 1 is 1.14 bits per heavy atom. The lowest BCUT2D eigenvalue weighted by Crippen LogP contribution is -2.42. The van der Waals surface area contributed by atoms with Crippen molar-refractivity contribution in [2.75, 3.05) is 19.7 Å². The van der Waals surface area contributed by atoms with Gasteiger partial charge >= 0.3 is 0 Å². The van der Waals surface area contributed by atoms with Gasteiger partial charge in [-0.15, -0.1) is 0 Å². The number of hydrogen-bond acceptors (Lipinski definition) is 2. The van der Waals surface area contributed by atoms with Crippen LogP contribution in [0, 0.1) is 23.7 Å². The van der Waals surface area contributed by atoms with Gasteiger partial charge in [-0.25, -0.2) is 0 Å². The van der Waals surface area contributed by atoms with Gasteiger partial charge in [-0.05, 0) is 76.3 Å². The second-order valence-corrected chi connectivity index (χ2v) is 10.6. The zero-order valence-corrected chi connectivity index (χ0v) is 22.6. The van der Waals surface area contributed by atoms with E-state index in [9.17, 15) is 0 Å². The Bertz CT molecular complexity index is 921. The number of fused-ring (bicyclic) bond motifs is 1. The number of likely N-dealkylation sites (tertiary alicyclic amines) is 1. The molecule has 0 N–H and O–H groups in total. The summed E-state index contributed by atoms with van der Waals surface area (Å²) < 4.78 is 6.33. The van der Waals surface area contributed by atoms with E-state index in [0.717, 1.165) is 11.3 Å². The summed E-state index contributed by atoms with van der Waals surface area (Å²) in [5.41, 5.74) is 5.65. The third kappa shape index (κ3) is 6.67. The van der Waals surface area contributed by atoms with Gasteiger partial charge in [-0.3, -0.25) is 4.90 Å². The fourth-order valence-electron chi connectivity index (χ4n) is 6.03. The van der Waals surface area contributed by atoms with Crippen LogP contribution in [0.25, 0.3) is 0 Å². The van der Waals surface area contributed by atoms with Crippen LogP contribution in [0.3, 0.4) is 0 Å². The number of allylic oxidation sites excluding steroid dienone is 10. The molecule has 1 heterocycles. The first-order chi connectivity index (χ1) is 16.9. The zero-order chi connectivity index (χ0) is 25.4. The zero-order valence-electron chi connectivity index (χ0n) is 22.6. The van der Waals surface area contributed by atoms with Gasteiger partial charge in [0.25, 0.3) is 0 Å². The minimum absolute atomic E-state index is 0.172. The Morgan fingerprint density at radius 3 is 2.51 bits per heavy atom. The maximum absolute atomic E-state index is 6.33. The predicted molar refractivity (Wildman–Crippen MR) is 152 cm³/mol. The lowest BCUT2D eigenvalue weighted by atomic mass is 9.64. The highest BCUT2D eigenvalue weighted by Gasteiger charge is 2.38. The van der Waals surface area contributed by atoms with Gasteiger partial charge in [0, 0.05) is 23.8 Å². The van der Waals surface area contributed by atoms with E-state index in [2.05, 4.69) is 76.6 Å². The number of piperidine rings is 1. The van der Waals surface area contributed by atoms with Crippen LogP contribution in [0.15, 0.2) is 96.4 Å². The molecule has 0 amide bonds. The fraction of sp³-hybridized carbons (Fsp3) is 0.515. The Labute approximate surface area is 215 Å². The second kappa shape index (κ2) is 13.1. The molecule has 3 aliphatic rings. The molecule has 2 aliphatic carbocycles. The minimum Gasteiger partial charge on any atom is -0.493 e. The summed E-state index contributed by atoms with van der Waals surface area (Å²) in [7, 11) is 0. The van der Waals surface area contributed by atoms with Crippen LogP contribution in [0.1, 0.15) is 59.8 Å². The van der Waals surface area contributed by atoms with Crippen LogP contribution in [0.2, 0.25) is 0 Å². The predicted octanol–water partition coefficient (Wildman–Crippen LogP) is 8.36. The van der Waals surface area contributed by atoms with Crippen molar-refractivity contribution < 1.29 is 4.74 Å². The summed E-state index contributed by atoms with van der Waals surface area (Å²) in [5, 5.41) is 0. The molecule has 1 saturated heterocycles. The van der Waals surface area contributed by atoms with Crippen molar-refractivity contribution >= 4 is 0 Å². The smallest absolute Gasteiger partial charge is 0.106 e. The molecule has 0 spiro atoms. The standard InChI is InChI=1S/C33H47NO/c1-8-10-15-21-35-33(25(5)24(3)4)23-32-27(7)29(16-11-9-2)26(6)31-22-28(17-18-30(31)32)34-19-13-12-14-20-34/h8-11,15-16,22-23,25-26,28-30H,1-3,12-14,17-21H2,4-7H3/b15-10-,16-11-,33-23+/t25-,26?,28?,29?,30-/m0/s1. The van der Waals surface area contributed by atoms with Crippen LogP contribution in [0.5, 0.6) is 0 Å². The summed E-state index contributed by atoms with van der Waals surface area (Å²) >= 11 is 0. The van der Waals surface area contributed by atoms with Gasteiger partial charge in [0.1, 0.15) is 12.4 Å². The number of nitrogens with zero attached hydrogens (tertiary/aromatic N) is 1. The molecule has 1 aliphatic heterocycles. The summed E-state index contributed by atoms with van der Waals surface area (Å²) in [6, 6.07) is 0.589. The molecular weight excluding hydrogens is 426 g/mol. The average molecular weight is 474 g/mol. The first-order valence-electron chi connectivity index (χ1n) is 13.6. The molecule has 35 heavy (non-hydrogen) atoms. The van der Waals surface area contributed by atoms with E-state index >= 15 is 0 Å². The summed E-state index contributed by atoms with van der Waals surface area (Å²) in [5.74, 6) is 2.53. The molecule has 2 nitrogen and oxygen atoms in total. The monoisotopic (exact) mass is 473 g/mol. The van der Waals surface area contributed by atoms with Crippen molar-refractivity contribution in [3.63, 3.8) is 0 Å². The summed E-state index contributed by atoms with van der Waals surface area (Å²) in [6.07, 6.45) is 23.6. The maximum atomic E-state index is 6.33. The highest BCUT2D eigenvalue weighted by Crippen LogP contribution is 2.48. The number of ether oxygens (including phenoxy) is 1. The molecule has 0 aromatic heterocycles. The van der Waals surface area contributed by atoms with Gasteiger partial charge in [0.15, 0.2) is 0 Å². The fourth-order valence-corrected chi connectivity index (χ4v) is 6.03. The quantitative estimate of drug-likeness (QED) is 0.179. The van der Waals surface area contributed by atoms with Crippen molar-refractivity contribution in [2.45, 2.75) is 65.8 Å². The maximum Gasteiger partial charge on any atom is 0.106 e. The molecular formula is C33H47NO. The van der Waals surface area contributed by atoms with Gasteiger partial charge in [-0.1, -0.05) is 93.2 Å². The van der Waals surface area contributed by atoms with E-state index < -0.39 is 0 Å². The molecule has 1 fully saturated rings. The van der Waals surface area contributed by atoms with E-state index in [0.29, 0.717) is 30.4 Å². The van der Waals surface area contributed by atoms with E-state index in [-0.39, 0.29) is 5.92 Å². The first kappa shape index (κ1) is 27.3. The van der Waals surface area contributed by atoms with Gasteiger partial charge in [0.2, 0.25) is 0 Å². The molecule has 0 aromatic rings. The van der Waals surface area contributed by atoms with E-state index in [1.807, 2.05) is 18.2 Å². The third-order valence-corrected chi connectivity index (χ3v) is 8.33. The summed E-state index contributed by atoms with van der Waals surface area (Å²) in [6.45, 7) is 24.0. The second-order valence-electron chi connectivity index (χ2n) is 10.6. The van der Waals surface area contributed by atoms with Crippen molar-refractivity contribution in [2.24, 2.45) is 23.7 Å². The van der Waals surface area contributed by atoms with E-state index in [1.165, 1.54) is 56.3 Å². The van der Waals surface area contributed by atoms with E-state index in [4.69, 9.17) is 4.74 Å². The molecule has 0 radical (unpaired) electrons. The SMILES string of the molecule is C=C/C=C\CO/C(=C/C1=C(C)C(/C=C\C=C)C(C)C2=CC(N3CCCCC3)CC[C@@H]21)[C@@H](C)C(=C)C. The molecule has 3 rings (SSSR count). The Balaban J connectivity index is 2.03. The van der Waals surface area contributed by atoms with Crippen LogP contribution in [-0.2, 0) is 4.74 Å². The van der Waals surface area contributed by atoms with Crippen LogP contribution in [0.4, 0.5) is 0 Å². The van der Waals surface area contributed by atoms with Crippen molar-refractivity contribution in [3.05, 3.63) is 96.4 Å². The highest BCUT2D eigenvalue weighted by molar-refractivity contribution is 5.45. The largest absolute Gasteiger partial charge is 0.493 e. The van der Waals surface area contributed by atoms with Crippen molar-refractivity contribution in [1.82, 2.24) is 4.90 Å². The van der Waals surface area contributed by atoms with Crippen molar-refractivity contribution in [3.8, 4) is 0 Å². The molecule has 0 bridgehead atoms. The van der Waals surface area contributed by atoms with Crippen molar-refractivity contribution in [1.29, 1.82) is 0 Å². The highest BCUT2D eigenvalue weighted by atomic mass is 16.5. The Kier molecular flexibility index (Phi) is 10.2. The van der Waals surface area contributed by atoms with Gasteiger partial charge in [-0.2, -0.15) is 0 Å². The lowest BCUT2D eigenvalue weighted by Gasteiger charge is -2.44. The third-order valence-electron chi connectivity index (χ3n) is 8.33. The Hall–Kier alpha value is -2.32. The normalized spacial score (nSPS) is 29.1. The number of hydrogen-bond donors (Lipinski definition) is 0. The molecule has 0 aromatic carbocycles. The van der Waals surface area contributed by atoms with Crippen LogP contribution in [-0.4, -0.2) is 30.6 Å². The molecule has 3 unspecified atom stereocenters. The molecule has 190 valence electrons.